The second kappa shape index (κ2) is 4.87. The zero-order chi connectivity index (χ0) is 14.0. The van der Waals surface area contributed by atoms with Crippen molar-refractivity contribution in [2.75, 3.05) is 0 Å². The number of nitrogens with zero attached hydrogens (tertiary/aromatic N) is 1. The van der Waals surface area contributed by atoms with E-state index in [2.05, 4.69) is 4.98 Å². The Kier molecular flexibility index (Phi) is 3.42. The standard InChI is InChI=1S/C13H9F4NO/c1-8-2-4-11(10(14)6-8)19-9-3-5-12(18-7-9)13(15,16)17/h2-7H,1H3. The van der Waals surface area contributed by atoms with E-state index in [-0.39, 0.29) is 11.5 Å². The average molecular weight is 271 g/mol. The second-order valence-electron chi connectivity index (χ2n) is 3.91. The molecule has 0 N–H and O–H groups in total. The lowest BCUT2D eigenvalue weighted by molar-refractivity contribution is -0.141. The molecule has 100 valence electrons. The maximum absolute atomic E-state index is 13.5. The van der Waals surface area contributed by atoms with Gasteiger partial charge in [-0.2, -0.15) is 13.2 Å². The molecule has 0 aliphatic carbocycles. The van der Waals surface area contributed by atoms with Gasteiger partial charge in [-0.05, 0) is 36.8 Å². The predicted molar refractivity (Wildman–Crippen MR) is 60.5 cm³/mol. The topological polar surface area (TPSA) is 22.1 Å². The fourth-order valence-electron chi connectivity index (χ4n) is 1.42. The van der Waals surface area contributed by atoms with Crippen LogP contribution in [-0.4, -0.2) is 4.98 Å². The average Bonchev–Trinajstić information content (AvgIpc) is 2.32. The molecule has 2 nitrogen and oxygen atoms in total. The third-order valence-electron chi connectivity index (χ3n) is 2.34. The molecular formula is C13H9F4NO. The van der Waals surface area contributed by atoms with E-state index in [0.717, 1.165) is 23.9 Å². The van der Waals surface area contributed by atoms with Gasteiger partial charge < -0.3 is 4.74 Å². The van der Waals surface area contributed by atoms with Crippen LogP contribution < -0.4 is 4.74 Å². The Hall–Kier alpha value is -2.11. The maximum atomic E-state index is 13.5. The third-order valence-corrected chi connectivity index (χ3v) is 2.34. The number of rotatable bonds is 2. The van der Waals surface area contributed by atoms with Crippen molar-refractivity contribution in [2.24, 2.45) is 0 Å². The number of benzene rings is 1. The van der Waals surface area contributed by atoms with Crippen LogP contribution in [0.5, 0.6) is 11.5 Å². The van der Waals surface area contributed by atoms with Gasteiger partial charge in [-0.25, -0.2) is 9.37 Å². The zero-order valence-corrected chi connectivity index (χ0v) is 9.83. The Morgan fingerprint density at radius 1 is 1.11 bits per heavy atom. The van der Waals surface area contributed by atoms with E-state index in [1.54, 1.807) is 13.0 Å². The minimum Gasteiger partial charge on any atom is -0.453 e. The monoisotopic (exact) mass is 271 g/mol. The van der Waals surface area contributed by atoms with E-state index >= 15 is 0 Å². The summed E-state index contributed by atoms with van der Waals surface area (Å²) in [7, 11) is 0. The lowest BCUT2D eigenvalue weighted by atomic mass is 10.2. The lowest BCUT2D eigenvalue weighted by Gasteiger charge is -2.09. The molecule has 0 fully saturated rings. The molecule has 1 heterocycles. The van der Waals surface area contributed by atoms with Crippen LogP contribution in [0.4, 0.5) is 17.6 Å². The molecule has 1 aromatic carbocycles. The number of hydrogen-bond donors (Lipinski definition) is 0. The lowest BCUT2D eigenvalue weighted by Crippen LogP contribution is -2.07. The van der Waals surface area contributed by atoms with E-state index in [9.17, 15) is 17.6 Å². The summed E-state index contributed by atoms with van der Waals surface area (Å²) in [6, 6.07) is 6.18. The molecule has 0 atom stereocenters. The number of hydrogen-bond acceptors (Lipinski definition) is 2. The molecular weight excluding hydrogens is 262 g/mol. The van der Waals surface area contributed by atoms with Crippen molar-refractivity contribution in [1.29, 1.82) is 0 Å². The third kappa shape index (κ3) is 3.21. The first-order valence-electron chi connectivity index (χ1n) is 5.33. The molecule has 0 aliphatic heterocycles. The van der Waals surface area contributed by atoms with Gasteiger partial charge in [0.25, 0.3) is 0 Å². The fourth-order valence-corrected chi connectivity index (χ4v) is 1.42. The van der Waals surface area contributed by atoms with Crippen LogP contribution in [0.1, 0.15) is 11.3 Å². The summed E-state index contributed by atoms with van der Waals surface area (Å²) >= 11 is 0. The van der Waals surface area contributed by atoms with Crippen LogP contribution in [0.2, 0.25) is 0 Å². The van der Waals surface area contributed by atoms with Gasteiger partial charge in [0.2, 0.25) is 0 Å². The Morgan fingerprint density at radius 2 is 1.84 bits per heavy atom. The van der Waals surface area contributed by atoms with Crippen molar-refractivity contribution in [3.63, 3.8) is 0 Å². The largest absolute Gasteiger partial charge is 0.453 e. The molecule has 0 saturated carbocycles. The molecule has 0 amide bonds. The molecule has 0 unspecified atom stereocenters. The van der Waals surface area contributed by atoms with Gasteiger partial charge >= 0.3 is 6.18 Å². The summed E-state index contributed by atoms with van der Waals surface area (Å²) in [5, 5.41) is 0. The summed E-state index contributed by atoms with van der Waals surface area (Å²) < 4.78 is 55.5. The molecule has 0 spiro atoms. The van der Waals surface area contributed by atoms with Crippen molar-refractivity contribution in [3.8, 4) is 11.5 Å². The van der Waals surface area contributed by atoms with E-state index in [4.69, 9.17) is 4.74 Å². The van der Waals surface area contributed by atoms with Crippen LogP contribution in [0.3, 0.4) is 0 Å². The molecule has 1 aromatic heterocycles. The second-order valence-corrected chi connectivity index (χ2v) is 3.91. The number of aromatic nitrogens is 1. The summed E-state index contributed by atoms with van der Waals surface area (Å²) in [6.07, 6.45) is -3.60. The Balaban J connectivity index is 2.20. The van der Waals surface area contributed by atoms with Gasteiger partial charge in [0.1, 0.15) is 11.4 Å². The predicted octanol–water partition coefficient (Wildman–Crippen LogP) is 4.34. The van der Waals surface area contributed by atoms with E-state index in [1.165, 1.54) is 12.1 Å². The smallest absolute Gasteiger partial charge is 0.433 e. The quantitative estimate of drug-likeness (QED) is 0.758. The van der Waals surface area contributed by atoms with E-state index in [1.807, 2.05) is 0 Å². The first-order chi connectivity index (χ1) is 8.86. The molecule has 0 saturated heterocycles. The Labute approximate surface area is 106 Å². The van der Waals surface area contributed by atoms with Gasteiger partial charge in [0.15, 0.2) is 11.6 Å². The molecule has 0 bridgehead atoms. The summed E-state index contributed by atoms with van der Waals surface area (Å²) in [4.78, 5) is 3.22. The number of pyridine rings is 1. The first-order valence-corrected chi connectivity index (χ1v) is 5.33. The number of aryl methyl sites for hydroxylation is 1. The maximum Gasteiger partial charge on any atom is 0.433 e. The van der Waals surface area contributed by atoms with E-state index in [0.29, 0.717) is 0 Å². The van der Waals surface area contributed by atoms with Crippen LogP contribution >= 0.6 is 0 Å². The van der Waals surface area contributed by atoms with Crippen LogP contribution in [-0.2, 0) is 6.18 Å². The highest BCUT2D eigenvalue weighted by atomic mass is 19.4. The highest BCUT2D eigenvalue weighted by molar-refractivity contribution is 5.33. The normalized spacial score (nSPS) is 11.4. The molecule has 0 radical (unpaired) electrons. The summed E-state index contributed by atoms with van der Waals surface area (Å²) in [5.74, 6) is -0.609. The van der Waals surface area contributed by atoms with Crippen molar-refractivity contribution in [3.05, 3.63) is 53.6 Å². The van der Waals surface area contributed by atoms with Crippen molar-refractivity contribution >= 4 is 0 Å². The highest BCUT2D eigenvalue weighted by Gasteiger charge is 2.32. The van der Waals surface area contributed by atoms with Gasteiger partial charge in [-0.15, -0.1) is 0 Å². The van der Waals surface area contributed by atoms with Crippen molar-refractivity contribution in [2.45, 2.75) is 13.1 Å². The van der Waals surface area contributed by atoms with Gasteiger partial charge in [-0.3, -0.25) is 0 Å². The van der Waals surface area contributed by atoms with Crippen LogP contribution in [0.25, 0.3) is 0 Å². The number of ether oxygens (including phenoxy) is 1. The molecule has 2 rings (SSSR count). The molecule has 6 heteroatoms. The van der Waals surface area contributed by atoms with Crippen LogP contribution in [0.15, 0.2) is 36.5 Å². The summed E-state index contributed by atoms with van der Waals surface area (Å²) in [5.41, 5.74) is -0.306. The first kappa shape index (κ1) is 13.3. The Bertz CT molecular complexity index is 578. The fraction of sp³-hybridized carbons (Fsp3) is 0.154. The van der Waals surface area contributed by atoms with Gasteiger partial charge in [0.05, 0.1) is 6.20 Å². The van der Waals surface area contributed by atoms with Crippen molar-refractivity contribution < 1.29 is 22.3 Å². The Morgan fingerprint density at radius 3 is 2.37 bits per heavy atom. The zero-order valence-electron chi connectivity index (χ0n) is 9.83. The summed E-state index contributed by atoms with van der Waals surface area (Å²) in [6.45, 7) is 1.71. The van der Waals surface area contributed by atoms with Gasteiger partial charge in [-0.1, -0.05) is 6.07 Å². The van der Waals surface area contributed by atoms with E-state index < -0.39 is 17.7 Å². The number of halogens is 4. The molecule has 2 aromatic rings. The molecule has 19 heavy (non-hydrogen) atoms. The SMILES string of the molecule is Cc1ccc(Oc2ccc(C(F)(F)F)nc2)c(F)c1. The minimum absolute atomic E-state index is 0.0377. The molecule has 0 aliphatic rings. The van der Waals surface area contributed by atoms with Crippen molar-refractivity contribution in [1.82, 2.24) is 4.98 Å². The van der Waals surface area contributed by atoms with Crippen LogP contribution in [0, 0.1) is 12.7 Å². The minimum atomic E-state index is -4.51. The highest BCUT2D eigenvalue weighted by Crippen LogP contribution is 2.30. The van der Waals surface area contributed by atoms with Gasteiger partial charge in [0, 0.05) is 0 Å². The number of alkyl halides is 3.